The number of carbonyl (C=O) groups is 4. The number of carboxylic acids is 1. The van der Waals surface area contributed by atoms with E-state index in [4.69, 9.17) is 14.9 Å². The SMILES string of the molecule is CCCCCCCCCC/C=C\CCCCCCCCCCCCCC(=O)OC(CCCCCCCCCCCCCCCC)CCCCCCCC(=O)NCC(=O)NC(CO)C(=O)O. The predicted molar refractivity (Wildman–Crippen MR) is 273 cm³/mol. The monoisotopic (exact) mass is 919 g/mol. The smallest absolute Gasteiger partial charge is 0.328 e. The molecule has 0 rings (SSSR count). The lowest BCUT2D eigenvalue weighted by atomic mass is 10.0. The molecule has 0 spiro atoms. The van der Waals surface area contributed by atoms with Crippen molar-refractivity contribution >= 4 is 23.8 Å². The highest BCUT2D eigenvalue weighted by Gasteiger charge is 2.19. The molecule has 0 aromatic carbocycles. The molecule has 4 N–H and O–H groups in total. The molecule has 2 amide bonds. The predicted octanol–water partition coefficient (Wildman–Crippen LogP) is 15.3. The Morgan fingerprint density at radius 3 is 1.15 bits per heavy atom. The van der Waals surface area contributed by atoms with Gasteiger partial charge in [0, 0.05) is 12.8 Å². The number of esters is 1. The Kier molecular flexibility index (Phi) is 49.1. The van der Waals surface area contributed by atoms with Gasteiger partial charge >= 0.3 is 11.9 Å². The molecule has 382 valence electrons. The Morgan fingerprint density at radius 1 is 0.446 bits per heavy atom. The van der Waals surface area contributed by atoms with Crippen molar-refractivity contribution in [3.05, 3.63) is 12.2 Å². The number of allylic oxidation sites excluding steroid dienone is 2. The number of nitrogens with one attached hydrogen (secondary N) is 2. The van der Waals surface area contributed by atoms with Gasteiger partial charge in [0.2, 0.25) is 11.8 Å². The number of carbonyl (C=O) groups excluding carboxylic acids is 3. The molecule has 9 nitrogen and oxygen atoms in total. The van der Waals surface area contributed by atoms with Crippen molar-refractivity contribution < 1.29 is 34.1 Å². The summed E-state index contributed by atoms with van der Waals surface area (Å²) < 4.78 is 6.09. The molecule has 9 heteroatoms. The van der Waals surface area contributed by atoms with Gasteiger partial charge in [0.25, 0.3) is 0 Å². The Morgan fingerprint density at radius 2 is 0.785 bits per heavy atom. The van der Waals surface area contributed by atoms with Gasteiger partial charge in [0.15, 0.2) is 0 Å². The van der Waals surface area contributed by atoms with E-state index in [1.165, 1.54) is 205 Å². The summed E-state index contributed by atoms with van der Waals surface area (Å²) in [5.41, 5.74) is 0. The lowest BCUT2D eigenvalue weighted by molar-refractivity contribution is -0.150. The molecule has 65 heavy (non-hydrogen) atoms. The normalized spacial score (nSPS) is 12.4. The first kappa shape index (κ1) is 62.6. The van der Waals surface area contributed by atoms with E-state index in [2.05, 4.69) is 36.6 Å². The molecule has 0 fully saturated rings. The van der Waals surface area contributed by atoms with Gasteiger partial charge in [0.05, 0.1) is 13.2 Å². The molecule has 0 bridgehead atoms. The van der Waals surface area contributed by atoms with Crippen molar-refractivity contribution in [1.82, 2.24) is 10.6 Å². The van der Waals surface area contributed by atoms with E-state index >= 15 is 0 Å². The van der Waals surface area contributed by atoms with Crippen LogP contribution in [0.25, 0.3) is 0 Å². The zero-order chi connectivity index (χ0) is 47.5. The van der Waals surface area contributed by atoms with Crippen LogP contribution in [0.1, 0.15) is 296 Å². The van der Waals surface area contributed by atoms with Gasteiger partial charge in [-0.15, -0.1) is 0 Å². The van der Waals surface area contributed by atoms with Crippen LogP contribution in [0.4, 0.5) is 0 Å². The van der Waals surface area contributed by atoms with E-state index in [-0.39, 0.29) is 24.5 Å². The number of aliphatic carboxylic acids is 1. The van der Waals surface area contributed by atoms with Crippen molar-refractivity contribution in [2.45, 2.75) is 309 Å². The lowest BCUT2D eigenvalue weighted by Gasteiger charge is -2.18. The fourth-order valence-electron chi connectivity index (χ4n) is 8.71. The summed E-state index contributed by atoms with van der Waals surface area (Å²) >= 11 is 0. The number of amides is 2. The van der Waals surface area contributed by atoms with E-state index in [1.54, 1.807) is 0 Å². The van der Waals surface area contributed by atoms with Crippen molar-refractivity contribution in [3.63, 3.8) is 0 Å². The summed E-state index contributed by atoms with van der Waals surface area (Å²) in [6, 6.07) is -1.38. The molecular weight excluding hydrogens is 813 g/mol. The van der Waals surface area contributed by atoms with Crippen LogP contribution in [-0.2, 0) is 23.9 Å². The summed E-state index contributed by atoms with van der Waals surface area (Å²) in [6.45, 7) is 3.53. The maximum Gasteiger partial charge on any atom is 0.328 e. The van der Waals surface area contributed by atoms with Gasteiger partial charge in [-0.2, -0.15) is 0 Å². The Balaban J connectivity index is 4.19. The maximum atomic E-state index is 12.9. The van der Waals surface area contributed by atoms with Crippen LogP contribution in [0, 0.1) is 0 Å². The Labute approximate surface area is 401 Å². The van der Waals surface area contributed by atoms with Gasteiger partial charge < -0.3 is 25.6 Å². The highest BCUT2D eigenvalue weighted by atomic mass is 16.5. The number of carboxylic acid groups (broad SMARTS) is 1. The second-order valence-electron chi connectivity index (χ2n) is 19.4. The first-order valence-electron chi connectivity index (χ1n) is 28.1. The van der Waals surface area contributed by atoms with Gasteiger partial charge in [-0.05, 0) is 64.2 Å². The number of aliphatic hydroxyl groups is 1. The Bertz CT molecular complexity index is 1100. The summed E-state index contributed by atoms with van der Waals surface area (Å²) in [6.07, 6.45) is 58.3. The third-order valence-corrected chi connectivity index (χ3v) is 13.0. The van der Waals surface area contributed by atoms with Gasteiger partial charge in [-0.3, -0.25) is 14.4 Å². The van der Waals surface area contributed by atoms with Gasteiger partial charge in [-0.25, -0.2) is 4.79 Å². The van der Waals surface area contributed by atoms with Crippen LogP contribution < -0.4 is 10.6 Å². The van der Waals surface area contributed by atoms with Crippen LogP contribution >= 0.6 is 0 Å². The van der Waals surface area contributed by atoms with Crippen LogP contribution in [0.3, 0.4) is 0 Å². The second kappa shape index (κ2) is 51.0. The van der Waals surface area contributed by atoms with Crippen molar-refractivity contribution in [1.29, 1.82) is 0 Å². The quantitative estimate of drug-likeness (QED) is 0.0270. The fourth-order valence-corrected chi connectivity index (χ4v) is 8.71. The van der Waals surface area contributed by atoms with Crippen LogP contribution in [0.5, 0.6) is 0 Å². The first-order valence-corrected chi connectivity index (χ1v) is 28.1. The zero-order valence-electron chi connectivity index (χ0n) is 42.8. The number of ether oxygens (including phenoxy) is 1. The molecule has 2 unspecified atom stereocenters. The molecule has 0 aromatic heterocycles. The van der Waals surface area contributed by atoms with Crippen LogP contribution in [-0.4, -0.2) is 59.3 Å². The lowest BCUT2D eigenvalue weighted by Crippen LogP contribution is -2.47. The third kappa shape index (κ3) is 47.9. The standard InChI is InChI=1S/C56H106N2O7/c1-3-5-7-9-11-13-15-17-19-20-21-22-23-24-25-26-27-29-31-33-35-40-44-48-55(62)65-51(45-41-37-34-32-30-28-18-16-14-12-10-8-6-4-2)46-42-38-36-39-43-47-53(60)57-49-54(61)58-52(50-59)56(63)64/h20-21,51-52,59H,3-19,22-50H2,1-2H3,(H,57,60)(H,58,61)(H,63,64)/b21-20-. The first-order chi connectivity index (χ1) is 31.8. The molecule has 0 aliphatic carbocycles. The summed E-state index contributed by atoms with van der Waals surface area (Å²) in [5.74, 6) is -2.26. The molecule has 2 atom stereocenters. The molecule has 0 aliphatic heterocycles. The number of rotatable bonds is 52. The van der Waals surface area contributed by atoms with Crippen LogP contribution in [0.2, 0.25) is 0 Å². The number of hydrogen-bond donors (Lipinski definition) is 4. The van der Waals surface area contributed by atoms with E-state index < -0.39 is 24.5 Å². The minimum atomic E-state index is -1.38. The van der Waals surface area contributed by atoms with E-state index in [0.717, 1.165) is 57.8 Å². The zero-order valence-corrected chi connectivity index (χ0v) is 42.8. The summed E-state index contributed by atoms with van der Waals surface area (Å²) in [7, 11) is 0. The minimum absolute atomic E-state index is 0.00990. The van der Waals surface area contributed by atoms with Crippen LogP contribution in [0.15, 0.2) is 12.2 Å². The van der Waals surface area contributed by atoms with E-state index in [9.17, 15) is 19.2 Å². The van der Waals surface area contributed by atoms with E-state index in [0.29, 0.717) is 19.3 Å². The second-order valence-corrected chi connectivity index (χ2v) is 19.4. The number of unbranched alkanes of at least 4 members (excludes halogenated alkanes) is 36. The number of aliphatic hydroxyl groups excluding tert-OH is 1. The van der Waals surface area contributed by atoms with Gasteiger partial charge in [-0.1, -0.05) is 231 Å². The van der Waals surface area contributed by atoms with Crippen molar-refractivity contribution in [2.24, 2.45) is 0 Å². The van der Waals surface area contributed by atoms with Crippen molar-refractivity contribution in [2.75, 3.05) is 13.2 Å². The topological polar surface area (TPSA) is 142 Å². The highest BCUT2D eigenvalue weighted by Crippen LogP contribution is 2.20. The maximum absolute atomic E-state index is 12.9. The van der Waals surface area contributed by atoms with Gasteiger partial charge in [0.1, 0.15) is 12.1 Å². The molecule has 0 heterocycles. The largest absolute Gasteiger partial charge is 0.480 e. The molecule has 0 aliphatic rings. The molecule has 0 radical (unpaired) electrons. The summed E-state index contributed by atoms with van der Waals surface area (Å²) in [5, 5.41) is 22.7. The molecule has 0 aromatic rings. The summed E-state index contributed by atoms with van der Waals surface area (Å²) in [4.78, 5) is 47.9. The Hall–Kier alpha value is -2.42. The molecular formula is C56H106N2O7. The average molecular weight is 919 g/mol. The van der Waals surface area contributed by atoms with Crippen molar-refractivity contribution in [3.8, 4) is 0 Å². The minimum Gasteiger partial charge on any atom is -0.480 e. The average Bonchev–Trinajstić information content (AvgIpc) is 3.29. The number of hydrogen-bond acceptors (Lipinski definition) is 6. The molecule has 0 saturated heterocycles. The molecule has 0 saturated carbocycles. The third-order valence-electron chi connectivity index (χ3n) is 13.0. The fraction of sp³-hybridized carbons (Fsp3) is 0.893. The highest BCUT2D eigenvalue weighted by molar-refractivity contribution is 5.87. The van der Waals surface area contributed by atoms with E-state index in [1.807, 2.05) is 0 Å².